The van der Waals surface area contributed by atoms with Gasteiger partial charge in [0.2, 0.25) is 11.8 Å². The molecule has 0 spiro atoms. The molecule has 0 saturated heterocycles. The topological polar surface area (TPSA) is 158 Å². The van der Waals surface area contributed by atoms with Crippen LogP contribution in [0.3, 0.4) is 0 Å². The summed E-state index contributed by atoms with van der Waals surface area (Å²) in [6.07, 6.45) is 0.603. The van der Waals surface area contributed by atoms with Gasteiger partial charge in [-0.2, -0.15) is 0 Å². The minimum Gasteiger partial charge on any atom is -0.495 e. The monoisotopic (exact) mass is 741 g/mol. The van der Waals surface area contributed by atoms with Gasteiger partial charge in [-0.1, -0.05) is 74.8 Å². The van der Waals surface area contributed by atoms with Crippen LogP contribution in [0.25, 0.3) is 0 Å². The molecular weight excluding hydrogens is 690 g/mol. The summed E-state index contributed by atoms with van der Waals surface area (Å²) < 4.78 is 23.0. The summed E-state index contributed by atoms with van der Waals surface area (Å²) in [4.78, 5) is 66.9. The van der Waals surface area contributed by atoms with Gasteiger partial charge in [-0.15, -0.1) is 0 Å². The molecule has 284 valence electrons. The molecule has 0 aromatic heterocycles. The van der Waals surface area contributed by atoms with Gasteiger partial charge < -0.3 is 34.9 Å². The maximum absolute atomic E-state index is 13.8. The van der Waals surface area contributed by atoms with E-state index in [2.05, 4.69) is 16.0 Å². The Bertz CT molecular complexity index is 1560. The molecule has 1 aliphatic heterocycles. The van der Waals surface area contributed by atoms with Gasteiger partial charge in [-0.05, 0) is 62.6 Å². The van der Waals surface area contributed by atoms with E-state index in [-0.39, 0.29) is 38.3 Å². The molecule has 2 amide bonds. The fourth-order valence-corrected chi connectivity index (χ4v) is 5.87. The minimum atomic E-state index is -1.25. The number of esters is 3. The maximum atomic E-state index is 13.8. The molecule has 1 aliphatic rings. The van der Waals surface area contributed by atoms with Crippen molar-refractivity contribution >= 4 is 41.3 Å². The molecule has 12 nitrogen and oxygen atoms in total. The second-order valence-corrected chi connectivity index (χ2v) is 14.5. The van der Waals surface area contributed by atoms with Crippen molar-refractivity contribution in [3.8, 4) is 5.75 Å². The van der Waals surface area contributed by atoms with Crippen LogP contribution >= 0.6 is 11.6 Å². The van der Waals surface area contributed by atoms with Crippen molar-refractivity contribution in [2.75, 3.05) is 27.2 Å². The molecule has 1 heterocycles. The average Bonchev–Trinajstić information content (AvgIpc) is 3.09. The van der Waals surface area contributed by atoms with Crippen LogP contribution in [0, 0.1) is 17.3 Å². The van der Waals surface area contributed by atoms with Crippen LogP contribution < -0.4 is 20.7 Å². The molecule has 13 heteroatoms. The molecule has 0 saturated carbocycles. The Labute approximate surface area is 311 Å². The number of ether oxygens (including phenoxy) is 4. The molecule has 0 aliphatic carbocycles. The molecule has 3 rings (SSSR count). The normalized spacial score (nSPS) is 21.9. The Morgan fingerprint density at radius 2 is 1.75 bits per heavy atom. The summed E-state index contributed by atoms with van der Waals surface area (Å²) in [5.74, 6) is -3.20. The van der Waals surface area contributed by atoms with E-state index in [1.165, 1.54) is 19.3 Å². The van der Waals surface area contributed by atoms with Crippen molar-refractivity contribution in [3.05, 3.63) is 76.8 Å². The average molecular weight is 742 g/mol. The number of hydrogen-bond donors (Lipinski definition) is 3. The largest absolute Gasteiger partial charge is 0.495 e. The number of hydrogen-bond acceptors (Lipinski definition) is 10. The number of cyclic esters (lactones) is 2. The number of halogens is 1. The third kappa shape index (κ3) is 13.0. The van der Waals surface area contributed by atoms with Gasteiger partial charge >= 0.3 is 17.9 Å². The standard InChI is InChI=1S/C39H52ClN3O9/c1-24(2)18-33-37(47)51-30(25(3)32(50-35(45)22-41-6)21-26-12-9-8-10-13-26)14-11-15-34(44)43-29(20-27-16-17-31(49-7)28(40)19-27)36(46)42-23-39(4,5)38(48)52-33/h8-13,15-17,19,24-25,29-30,32-33,41H,14,18,20-23H2,1-7H3,(H,42,46)(H,43,44)/b15-11+/t25-,29?,30-,32-,33-/m0/s1. The predicted octanol–water partition coefficient (Wildman–Crippen LogP) is 4.36. The Balaban J connectivity index is 2.01. The van der Waals surface area contributed by atoms with Gasteiger partial charge in [-0.3, -0.25) is 19.2 Å². The number of carbonyl (C=O) groups is 5. The number of methoxy groups -OCH3 is 1. The quantitative estimate of drug-likeness (QED) is 0.211. The van der Waals surface area contributed by atoms with E-state index >= 15 is 0 Å². The van der Waals surface area contributed by atoms with E-state index in [4.69, 9.17) is 30.5 Å². The lowest BCUT2D eigenvalue weighted by Gasteiger charge is -2.32. The lowest BCUT2D eigenvalue weighted by Crippen LogP contribution is -2.51. The molecule has 0 fully saturated rings. The Hall–Kier alpha value is -4.42. The van der Waals surface area contributed by atoms with E-state index in [9.17, 15) is 24.0 Å². The first-order valence-corrected chi connectivity index (χ1v) is 17.9. The van der Waals surface area contributed by atoms with E-state index in [1.807, 2.05) is 44.2 Å². The Morgan fingerprint density at radius 1 is 1.04 bits per heavy atom. The third-order valence-electron chi connectivity index (χ3n) is 8.71. The van der Waals surface area contributed by atoms with Gasteiger partial charge in [0.15, 0.2) is 6.10 Å². The number of rotatable bonds is 12. The SMILES string of the molecule is CNCC(=O)O[C@@H](Cc1ccccc1)[C@@H](C)[C@@H]1C/C=C/C(=O)NC(Cc2ccc(OC)c(Cl)c2)C(=O)NCC(C)(C)C(=O)O[C@@H](CC(C)C)C(=O)O1. The molecule has 1 unspecified atom stereocenters. The van der Waals surface area contributed by atoms with E-state index < -0.39 is 65.4 Å². The predicted molar refractivity (Wildman–Crippen MR) is 197 cm³/mol. The lowest BCUT2D eigenvalue weighted by atomic mass is 9.90. The Morgan fingerprint density at radius 3 is 2.38 bits per heavy atom. The van der Waals surface area contributed by atoms with Crippen LogP contribution in [0.2, 0.25) is 5.02 Å². The highest BCUT2D eigenvalue weighted by Crippen LogP contribution is 2.27. The fraction of sp³-hybridized carbons (Fsp3) is 0.513. The second kappa shape index (κ2) is 20.0. The van der Waals surface area contributed by atoms with Crippen LogP contribution in [-0.4, -0.2) is 81.3 Å². The molecule has 3 N–H and O–H groups in total. The molecular formula is C39H52ClN3O9. The number of likely N-dealkylation sites (N-methyl/N-ethyl adjacent to an activating group) is 1. The second-order valence-electron chi connectivity index (χ2n) is 14.1. The van der Waals surface area contributed by atoms with Crippen molar-refractivity contribution in [2.45, 2.75) is 84.7 Å². The molecule has 2 aromatic rings. The Kier molecular flexibility index (Phi) is 16.1. The van der Waals surface area contributed by atoms with Crippen LogP contribution in [0.1, 0.15) is 58.6 Å². The summed E-state index contributed by atoms with van der Waals surface area (Å²) in [6, 6.07) is 13.5. The van der Waals surface area contributed by atoms with Crippen molar-refractivity contribution in [1.29, 1.82) is 0 Å². The van der Waals surface area contributed by atoms with Gasteiger partial charge in [0.1, 0.15) is 24.0 Å². The molecule has 52 heavy (non-hydrogen) atoms. The van der Waals surface area contributed by atoms with Crippen LogP contribution in [0.15, 0.2) is 60.7 Å². The van der Waals surface area contributed by atoms with Crippen LogP contribution in [0.5, 0.6) is 5.75 Å². The van der Waals surface area contributed by atoms with Crippen LogP contribution in [0.4, 0.5) is 0 Å². The van der Waals surface area contributed by atoms with E-state index in [0.29, 0.717) is 22.8 Å². The first-order chi connectivity index (χ1) is 24.6. The lowest BCUT2D eigenvalue weighted by molar-refractivity contribution is -0.181. The molecule has 5 atom stereocenters. The van der Waals surface area contributed by atoms with Gasteiger partial charge in [0.05, 0.1) is 24.1 Å². The maximum Gasteiger partial charge on any atom is 0.347 e. The van der Waals surface area contributed by atoms with Crippen LogP contribution in [-0.2, 0) is 51.0 Å². The first kappa shape index (κ1) is 42.0. The smallest absolute Gasteiger partial charge is 0.347 e. The van der Waals surface area contributed by atoms with E-state index in [0.717, 1.165) is 5.56 Å². The number of nitrogens with one attached hydrogen (secondary N) is 3. The van der Waals surface area contributed by atoms with Crippen molar-refractivity contribution < 1.29 is 42.9 Å². The number of carbonyl (C=O) groups excluding carboxylic acids is 5. The van der Waals surface area contributed by atoms with Gasteiger partial charge in [0, 0.05) is 31.7 Å². The zero-order chi connectivity index (χ0) is 38.4. The zero-order valence-electron chi connectivity index (χ0n) is 31.0. The zero-order valence-corrected chi connectivity index (χ0v) is 31.8. The summed E-state index contributed by atoms with van der Waals surface area (Å²) in [6.45, 7) is 8.60. The van der Waals surface area contributed by atoms with Crippen molar-refractivity contribution in [3.63, 3.8) is 0 Å². The third-order valence-corrected chi connectivity index (χ3v) is 9.00. The summed E-state index contributed by atoms with van der Waals surface area (Å²) in [7, 11) is 3.13. The highest BCUT2D eigenvalue weighted by atomic mass is 35.5. The fourth-order valence-electron chi connectivity index (χ4n) is 5.59. The van der Waals surface area contributed by atoms with Gasteiger partial charge in [0.25, 0.3) is 0 Å². The highest BCUT2D eigenvalue weighted by molar-refractivity contribution is 6.32. The minimum absolute atomic E-state index is 0.0256. The number of amides is 2. The highest BCUT2D eigenvalue weighted by Gasteiger charge is 2.38. The van der Waals surface area contributed by atoms with Crippen molar-refractivity contribution in [2.24, 2.45) is 17.3 Å². The molecule has 2 aromatic carbocycles. The van der Waals surface area contributed by atoms with E-state index in [1.54, 1.807) is 46.0 Å². The molecule has 0 radical (unpaired) electrons. The number of benzene rings is 2. The summed E-state index contributed by atoms with van der Waals surface area (Å²) in [5.41, 5.74) is 0.315. The first-order valence-electron chi connectivity index (χ1n) is 17.5. The van der Waals surface area contributed by atoms with Gasteiger partial charge in [-0.25, -0.2) is 4.79 Å². The molecule has 0 bridgehead atoms. The van der Waals surface area contributed by atoms with Crippen molar-refractivity contribution in [1.82, 2.24) is 16.0 Å². The summed E-state index contributed by atoms with van der Waals surface area (Å²) in [5, 5.41) is 8.65. The summed E-state index contributed by atoms with van der Waals surface area (Å²) >= 11 is 6.34.